The van der Waals surface area contributed by atoms with E-state index in [9.17, 15) is 4.79 Å². The van der Waals surface area contributed by atoms with Crippen LogP contribution < -0.4 is 0 Å². The predicted molar refractivity (Wildman–Crippen MR) is 86.3 cm³/mol. The average Bonchev–Trinajstić information content (AvgIpc) is 2.54. The Hall–Kier alpha value is -0.0600. The van der Waals surface area contributed by atoms with Gasteiger partial charge in [-0.1, -0.05) is 0 Å². The first kappa shape index (κ1) is 16.0. The van der Waals surface area contributed by atoms with Crippen LogP contribution in [0, 0.1) is 7.40 Å². The fourth-order valence-corrected chi connectivity index (χ4v) is 2.09. The summed E-state index contributed by atoms with van der Waals surface area (Å²) in [5.41, 5.74) is -0.471. The zero-order valence-corrected chi connectivity index (χ0v) is 15.2. The Morgan fingerprint density at radius 1 is 1.50 bits per heavy atom. The van der Waals surface area contributed by atoms with E-state index >= 15 is 0 Å². The lowest BCUT2D eigenvalue weighted by Crippen LogP contribution is -2.37. The van der Waals surface area contributed by atoms with Crippen molar-refractivity contribution in [3.63, 3.8) is 0 Å². The minimum Gasteiger partial charge on any atom is -0.444 e. The lowest BCUT2D eigenvalue weighted by Gasteiger charge is -2.26. The molecule has 0 saturated carbocycles. The third-order valence-electron chi connectivity index (χ3n) is 2.09. The summed E-state index contributed by atoms with van der Waals surface area (Å²) in [6, 6.07) is 0. The lowest BCUT2D eigenvalue weighted by molar-refractivity contribution is 0.0199. The van der Waals surface area contributed by atoms with Crippen LogP contribution in [0.5, 0.6) is 0 Å². The summed E-state index contributed by atoms with van der Waals surface area (Å²) in [5, 5.41) is 0. The summed E-state index contributed by atoms with van der Waals surface area (Å²) in [6.45, 7) is 8.58. The zero-order chi connectivity index (χ0) is 13.9. The standard InChI is InChI=1S/C11H17I2N3O2/c1-5-15(10(17)18-11(2,3)4)7-16-6-14-8(12)9(16)13/h6H,5,7H2,1-4H3. The van der Waals surface area contributed by atoms with Gasteiger partial charge >= 0.3 is 6.09 Å². The van der Waals surface area contributed by atoms with Crippen LogP contribution in [0.4, 0.5) is 4.79 Å². The highest BCUT2D eigenvalue weighted by Crippen LogP contribution is 2.15. The summed E-state index contributed by atoms with van der Waals surface area (Å²) in [7, 11) is 0. The first-order valence-electron chi connectivity index (χ1n) is 5.58. The molecule has 5 nitrogen and oxygen atoms in total. The molecule has 1 aromatic heterocycles. The van der Waals surface area contributed by atoms with Gasteiger partial charge < -0.3 is 9.30 Å². The second-order valence-electron chi connectivity index (χ2n) is 4.77. The number of halogens is 2. The maximum atomic E-state index is 12.0. The number of carbonyl (C=O) groups is 1. The minimum atomic E-state index is -0.471. The molecule has 0 bridgehead atoms. The molecule has 0 N–H and O–H groups in total. The van der Waals surface area contributed by atoms with Crippen molar-refractivity contribution >= 4 is 51.3 Å². The van der Waals surface area contributed by atoms with Crippen molar-refractivity contribution in [3.05, 3.63) is 13.7 Å². The Labute approximate surface area is 135 Å². The minimum absolute atomic E-state index is 0.301. The van der Waals surface area contributed by atoms with Crippen molar-refractivity contribution in [2.75, 3.05) is 6.54 Å². The number of imidazole rings is 1. The Bertz CT molecular complexity index is 426. The molecule has 0 saturated heterocycles. The summed E-state index contributed by atoms with van der Waals surface area (Å²) in [5.74, 6) is 0. The van der Waals surface area contributed by atoms with Gasteiger partial charge in [-0.3, -0.25) is 4.90 Å². The van der Waals surface area contributed by atoms with Gasteiger partial charge in [0, 0.05) is 6.54 Å². The third kappa shape index (κ3) is 4.56. The normalized spacial score (nSPS) is 11.4. The highest BCUT2D eigenvalue weighted by atomic mass is 127. The van der Waals surface area contributed by atoms with E-state index in [1.165, 1.54) is 0 Å². The van der Waals surface area contributed by atoms with Crippen LogP contribution in [0.1, 0.15) is 27.7 Å². The zero-order valence-electron chi connectivity index (χ0n) is 10.9. The molecule has 0 fully saturated rings. The Balaban J connectivity index is 2.73. The Kier molecular flexibility index (Phi) is 5.68. The van der Waals surface area contributed by atoms with Crippen LogP contribution in [-0.4, -0.2) is 32.7 Å². The lowest BCUT2D eigenvalue weighted by atomic mass is 10.2. The molecule has 102 valence electrons. The first-order valence-corrected chi connectivity index (χ1v) is 7.74. The molecule has 0 radical (unpaired) electrons. The van der Waals surface area contributed by atoms with Crippen LogP contribution in [0.2, 0.25) is 0 Å². The molecule has 0 spiro atoms. The fourth-order valence-electron chi connectivity index (χ4n) is 1.24. The predicted octanol–water partition coefficient (Wildman–Crippen LogP) is 3.31. The van der Waals surface area contributed by atoms with Crippen molar-refractivity contribution in [3.8, 4) is 0 Å². The molecule has 1 amide bonds. The molecular weight excluding hydrogens is 460 g/mol. The highest BCUT2D eigenvalue weighted by molar-refractivity contribution is 14.1. The number of rotatable bonds is 3. The van der Waals surface area contributed by atoms with E-state index in [1.54, 1.807) is 11.2 Å². The maximum absolute atomic E-state index is 12.0. The smallest absolute Gasteiger partial charge is 0.411 e. The van der Waals surface area contributed by atoms with Crippen LogP contribution in [-0.2, 0) is 11.4 Å². The van der Waals surface area contributed by atoms with Crippen LogP contribution in [0.25, 0.3) is 0 Å². The molecule has 1 rings (SSSR count). The number of ether oxygens (including phenoxy) is 1. The quantitative estimate of drug-likeness (QED) is 0.629. The molecule has 0 atom stereocenters. The molecular formula is C11H17I2N3O2. The van der Waals surface area contributed by atoms with Gasteiger partial charge in [0.25, 0.3) is 0 Å². The van der Waals surface area contributed by atoms with Gasteiger partial charge in [0.05, 0.1) is 6.33 Å². The SMILES string of the molecule is CCN(Cn1cnc(I)c1I)C(=O)OC(C)(C)C. The van der Waals surface area contributed by atoms with Gasteiger partial charge in [0.15, 0.2) is 0 Å². The molecule has 1 heterocycles. The molecule has 0 aliphatic carbocycles. The van der Waals surface area contributed by atoms with Crippen molar-refractivity contribution in [2.45, 2.75) is 40.0 Å². The van der Waals surface area contributed by atoms with Gasteiger partial charge in [-0.2, -0.15) is 0 Å². The van der Waals surface area contributed by atoms with Crippen molar-refractivity contribution in [1.29, 1.82) is 0 Å². The van der Waals surface area contributed by atoms with Crippen molar-refractivity contribution < 1.29 is 9.53 Å². The van der Waals surface area contributed by atoms with Gasteiger partial charge in [-0.25, -0.2) is 9.78 Å². The number of nitrogens with zero attached hydrogens (tertiary/aromatic N) is 3. The van der Waals surface area contributed by atoms with Crippen LogP contribution in [0.15, 0.2) is 6.33 Å². The topological polar surface area (TPSA) is 47.4 Å². The first-order chi connectivity index (χ1) is 8.24. The number of aromatic nitrogens is 2. The van der Waals surface area contributed by atoms with E-state index in [1.807, 2.05) is 32.3 Å². The summed E-state index contributed by atoms with van der Waals surface area (Å²) < 4.78 is 9.25. The number of hydrogen-bond acceptors (Lipinski definition) is 3. The van der Waals surface area contributed by atoms with Crippen LogP contribution >= 0.6 is 45.2 Å². The van der Waals surface area contributed by atoms with Gasteiger partial charge in [0.2, 0.25) is 0 Å². The molecule has 0 aromatic carbocycles. The van der Waals surface area contributed by atoms with E-state index < -0.39 is 5.60 Å². The maximum Gasteiger partial charge on any atom is 0.411 e. The molecule has 0 aliphatic heterocycles. The molecule has 0 aliphatic rings. The number of hydrogen-bond donors (Lipinski definition) is 0. The van der Waals surface area contributed by atoms with E-state index in [-0.39, 0.29) is 6.09 Å². The summed E-state index contributed by atoms with van der Waals surface area (Å²) in [4.78, 5) is 17.8. The van der Waals surface area contributed by atoms with Crippen molar-refractivity contribution in [1.82, 2.24) is 14.5 Å². The second kappa shape index (κ2) is 6.40. The van der Waals surface area contributed by atoms with Crippen molar-refractivity contribution in [2.24, 2.45) is 0 Å². The summed E-state index contributed by atoms with van der Waals surface area (Å²) in [6.07, 6.45) is 1.43. The highest BCUT2D eigenvalue weighted by Gasteiger charge is 2.21. The second-order valence-corrected chi connectivity index (χ2v) is 6.82. The third-order valence-corrected chi connectivity index (χ3v) is 5.04. The molecule has 7 heteroatoms. The molecule has 0 unspecified atom stereocenters. The van der Waals surface area contributed by atoms with E-state index in [0.29, 0.717) is 13.2 Å². The monoisotopic (exact) mass is 477 g/mol. The number of amides is 1. The van der Waals surface area contributed by atoms with E-state index in [2.05, 4.69) is 50.2 Å². The molecule has 1 aromatic rings. The Morgan fingerprint density at radius 3 is 2.50 bits per heavy atom. The van der Waals surface area contributed by atoms with Crippen LogP contribution in [0.3, 0.4) is 0 Å². The Morgan fingerprint density at radius 2 is 2.11 bits per heavy atom. The average molecular weight is 477 g/mol. The van der Waals surface area contributed by atoms with E-state index in [0.717, 1.165) is 7.40 Å². The largest absolute Gasteiger partial charge is 0.444 e. The fraction of sp³-hybridized carbons (Fsp3) is 0.636. The number of carbonyl (C=O) groups excluding carboxylic acids is 1. The summed E-state index contributed by atoms with van der Waals surface area (Å²) >= 11 is 4.39. The van der Waals surface area contributed by atoms with Gasteiger partial charge in [-0.05, 0) is 72.9 Å². The van der Waals surface area contributed by atoms with Gasteiger partial charge in [-0.15, -0.1) is 0 Å². The van der Waals surface area contributed by atoms with E-state index in [4.69, 9.17) is 4.74 Å². The molecule has 18 heavy (non-hydrogen) atoms. The van der Waals surface area contributed by atoms with Gasteiger partial charge in [0.1, 0.15) is 19.7 Å².